The average Bonchev–Trinajstić information content (AvgIpc) is 2.33. The minimum atomic E-state index is -0.597. The first-order valence-electron chi connectivity index (χ1n) is 5.49. The summed E-state index contributed by atoms with van der Waals surface area (Å²) in [5.41, 5.74) is 0.558. The van der Waals surface area contributed by atoms with E-state index in [0.717, 1.165) is 0 Å². The molecule has 5 nitrogen and oxygen atoms in total. The molecule has 0 aliphatic carbocycles. The fourth-order valence-electron chi connectivity index (χ4n) is 1.76. The van der Waals surface area contributed by atoms with Gasteiger partial charge in [-0.2, -0.15) is 0 Å². The summed E-state index contributed by atoms with van der Waals surface area (Å²) >= 11 is 0. The summed E-state index contributed by atoms with van der Waals surface area (Å²) < 4.78 is 1.43. The molecule has 2 aromatic rings. The zero-order valence-electron chi connectivity index (χ0n) is 9.63. The minimum absolute atomic E-state index is 0.120. The molecule has 1 atom stereocenters. The van der Waals surface area contributed by atoms with Crippen LogP contribution in [0.5, 0.6) is 0 Å². The van der Waals surface area contributed by atoms with Crippen LogP contribution in [0.25, 0.3) is 10.9 Å². The van der Waals surface area contributed by atoms with Gasteiger partial charge in [0, 0.05) is 6.54 Å². The van der Waals surface area contributed by atoms with Gasteiger partial charge in [-0.05, 0) is 19.2 Å². The van der Waals surface area contributed by atoms with Gasteiger partial charge < -0.3 is 10.4 Å². The Kier molecular flexibility index (Phi) is 3.51. The molecule has 0 bridgehead atoms. The van der Waals surface area contributed by atoms with Gasteiger partial charge in [0.25, 0.3) is 5.56 Å². The zero-order chi connectivity index (χ0) is 12.3. The number of aliphatic hydroxyl groups is 1. The maximum absolute atomic E-state index is 12.1. The van der Waals surface area contributed by atoms with E-state index < -0.39 is 6.10 Å². The molecule has 1 unspecified atom stereocenters. The van der Waals surface area contributed by atoms with E-state index >= 15 is 0 Å². The molecule has 5 heteroatoms. The van der Waals surface area contributed by atoms with Crippen molar-refractivity contribution in [1.82, 2.24) is 14.9 Å². The Morgan fingerprint density at radius 1 is 1.47 bits per heavy atom. The highest BCUT2D eigenvalue weighted by Gasteiger charge is 2.07. The zero-order valence-corrected chi connectivity index (χ0v) is 9.63. The van der Waals surface area contributed by atoms with Crippen molar-refractivity contribution < 1.29 is 5.11 Å². The molecule has 0 saturated heterocycles. The van der Waals surface area contributed by atoms with Gasteiger partial charge in [-0.15, -0.1) is 0 Å². The van der Waals surface area contributed by atoms with Crippen LogP contribution in [0.3, 0.4) is 0 Å². The smallest absolute Gasteiger partial charge is 0.261 e. The van der Waals surface area contributed by atoms with Gasteiger partial charge in [-0.3, -0.25) is 9.36 Å². The topological polar surface area (TPSA) is 67.2 Å². The number of nitrogens with one attached hydrogen (secondary N) is 1. The summed E-state index contributed by atoms with van der Waals surface area (Å²) in [6.07, 6.45) is 0.879. The van der Waals surface area contributed by atoms with Crippen molar-refractivity contribution in [1.29, 1.82) is 0 Å². The van der Waals surface area contributed by atoms with Crippen molar-refractivity contribution in [2.45, 2.75) is 12.6 Å². The lowest BCUT2D eigenvalue weighted by atomic mass is 10.2. The Morgan fingerprint density at radius 3 is 3.00 bits per heavy atom. The first kappa shape index (κ1) is 11.8. The van der Waals surface area contributed by atoms with E-state index in [9.17, 15) is 9.90 Å². The molecule has 0 radical (unpaired) electrons. The lowest BCUT2D eigenvalue weighted by molar-refractivity contribution is 0.152. The number of benzene rings is 1. The van der Waals surface area contributed by atoms with Crippen molar-refractivity contribution in [3.8, 4) is 0 Å². The lowest BCUT2D eigenvalue weighted by Crippen LogP contribution is -2.32. The monoisotopic (exact) mass is 233 g/mol. The molecule has 1 heterocycles. The number of aromatic nitrogens is 2. The summed E-state index contributed by atoms with van der Waals surface area (Å²) in [6.45, 7) is 0.691. The molecule has 0 aliphatic rings. The van der Waals surface area contributed by atoms with Crippen LogP contribution < -0.4 is 10.9 Å². The van der Waals surface area contributed by atoms with Gasteiger partial charge in [0.05, 0.1) is 29.9 Å². The number of rotatable bonds is 4. The summed E-state index contributed by atoms with van der Waals surface area (Å²) in [5, 5.41) is 13.1. The number of likely N-dealkylation sites (N-methyl/N-ethyl adjacent to an activating group) is 1. The number of para-hydroxylation sites is 1. The third-order valence-corrected chi connectivity index (χ3v) is 2.58. The van der Waals surface area contributed by atoms with Gasteiger partial charge in [0.15, 0.2) is 0 Å². The van der Waals surface area contributed by atoms with Crippen LogP contribution in [-0.4, -0.2) is 34.4 Å². The predicted octanol–water partition coefficient (Wildman–Crippen LogP) is -0.0232. The number of hydrogen-bond donors (Lipinski definition) is 2. The van der Waals surface area contributed by atoms with Crippen molar-refractivity contribution in [2.75, 3.05) is 13.6 Å². The molecule has 2 rings (SSSR count). The highest BCUT2D eigenvalue weighted by molar-refractivity contribution is 5.76. The second-order valence-electron chi connectivity index (χ2n) is 3.93. The van der Waals surface area contributed by atoms with Crippen molar-refractivity contribution in [3.05, 3.63) is 40.9 Å². The van der Waals surface area contributed by atoms with E-state index in [4.69, 9.17) is 0 Å². The highest BCUT2D eigenvalue weighted by atomic mass is 16.3. The molecule has 0 saturated carbocycles. The van der Waals surface area contributed by atoms with Crippen LogP contribution in [0.15, 0.2) is 35.4 Å². The number of hydrogen-bond acceptors (Lipinski definition) is 4. The highest BCUT2D eigenvalue weighted by Crippen LogP contribution is 2.04. The molecule has 1 aromatic heterocycles. The Labute approximate surface area is 98.7 Å². The first-order valence-corrected chi connectivity index (χ1v) is 5.49. The fraction of sp³-hybridized carbons (Fsp3) is 0.333. The van der Waals surface area contributed by atoms with Crippen LogP contribution in [0.4, 0.5) is 0 Å². The van der Waals surface area contributed by atoms with Crippen molar-refractivity contribution in [2.24, 2.45) is 0 Å². The normalized spacial score (nSPS) is 12.8. The standard InChI is InChI=1S/C12H15N3O2/c1-13-6-9(16)7-15-8-14-11-5-3-2-4-10(11)12(15)17/h2-5,8-9,13,16H,6-7H2,1H3. The molecule has 2 N–H and O–H groups in total. The molecule has 0 fully saturated rings. The molecule has 0 spiro atoms. The largest absolute Gasteiger partial charge is 0.390 e. The lowest BCUT2D eigenvalue weighted by Gasteiger charge is -2.12. The Hall–Kier alpha value is -1.72. The summed E-state index contributed by atoms with van der Waals surface area (Å²) in [7, 11) is 1.75. The van der Waals surface area contributed by atoms with Crippen molar-refractivity contribution >= 4 is 10.9 Å². The van der Waals surface area contributed by atoms with E-state index in [1.807, 2.05) is 6.07 Å². The molecule has 17 heavy (non-hydrogen) atoms. The minimum Gasteiger partial charge on any atom is -0.390 e. The van der Waals surface area contributed by atoms with E-state index in [2.05, 4.69) is 10.3 Å². The Balaban J connectivity index is 2.36. The molecular formula is C12H15N3O2. The van der Waals surface area contributed by atoms with Crippen molar-refractivity contribution in [3.63, 3.8) is 0 Å². The fourth-order valence-corrected chi connectivity index (χ4v) is 1.76. The maximum atomic E-state index is 12.1. The third-order valence-electron chi connectivity index (χ3n) is 2.58. The van der Waals surface area contributed by atoms with E-state index in [0.29, 0.717) is 17.4 Å². The number of fused-ring (bicyclic) bond motifs is 1. The van der Waals surface area contributed by atoms with Gasteiger partial charge in [-0.25, -0.2) is 4.98 Å². The molecule has 0 aliphatic heterocycles. The molecule has 90 valence electrons. The number of aliphatic hydroxyl groups excluding tert-OH is 1. The van der Waals surface area contributed by atoms with Crippen LogP contribution >= 0.6 is 0 Å². The SMILES string of the molecule is CNCC(O)Cn1cnc2ccccc2c1=O. The van der Waals surface area contributed by atoms with Crippen LogP contribution in [-0.2, 0) is 6.54 Å². The Morgan fingerprint density at radius 2 is 2.24 bits per heavy atom. The van der Waals surface area contributed by atoms with Gasteiger partial charge in [0.1, 0.15) is 0 Å². The van der Waals surface area contributed by atoms with Crippen LogP contribution in [0.1, 0.15) is 0 Å². The van der Waals surface area contributed by atoms with Crippen LogP contribution in [0.2, 0.25) is 0 Å². The quantitative estimate of drug-likeness (QED) is 0.778. The first-order chi connectivity index (χ1) is 8.22. The summed E-state index contributed by atoms with van der Waals surface area (Å²) in [4.78, 5) is 16.2. The van der Waals surface area contributed by atoms with Gasteiger partial charge >= 0.3 is 0 Å². The molecule has 1 aromatic carbocycles. The molecular weight excluding hydrogens is 218 g/mol. The van der Waals surface area contributed by atoms with Crippen LogP contribution in [0, 0.1) is 0 Å². The molecule has 0 amide bonds. The van der Waals surface area contributed by atoms with E-state index in [1.165, 1.54) is 10.9 Å². The second kappa shape index (κ2) is 5.07. The van der Waals surface area contributed by atoms with E-state index in [-0.39, 0.29) is 12.1 Å². The maximum Gasteiger partial charge on any atom is 0.261 e. The second-order valence-corrected chi connectivity index (χ2v) is 3.93. The summed E-state index contributed by atoms with van der Waals surface area (Å²) in [6, 6.07) is 7.19. The average molecular weight is 233 g/mol. The summed E-state index contributed by atoms with van der Waals surface area (Å²) in [5.74, 6) is 0. The third kappa shape index (κ3) is 2.51. The van der Waals surface area contributed by atoms with Gasteiger partial charge in [-0.1, -0.05) is 12.1 Å². The number of nitrogens with zero attached hydrogens (tertiary/aromatic N) is 2. The predicted molar refractivity (Wildman–Crippen MR) is 65.9 cm³/mol. The van der Waals surface area contributed by atoms with E-state index in [1.54, 1.807) is 25.2 Å². The van der Waals surface area contributed by atoms with Gasteiger partial charge in [0.2, 0.25) is 0 Å². The Bertz CT molecular complexity index is 565.